The maximum absolute atomic E-state index is 12.6. The summed E-state index contributed by atoms with van der Waals surface area (Å²) >= 11 is 5.99. The molecule has 0 aliphatic heterocycles. The maximum Gasteiger partial charge on any atom is 0.255 e. The van der Waals surface area contributed by atoms with Gasteiger partial charge in [-0.2, -0.15) is 0 Å². The number of nitrogens with zero attached hydrogens (tertiary/aromatic N) is 1. The topological polar surface area (TPSA) is 72.5 Å². The molecule has 3 aromatic rings. The number of ether oxygens (including phenoxy) is 2. The van der Waals surface area contributed by atoms with E-state index in [4.69, 9.17) is 21.1 Å². The third-order valence-electron chi connectivity index (χ3n) is 3.76. The fourth-order valence-electron chi connectivity index (χ4n) is 2.47. The molecule has 27 heavy (non-hydrogen) atoms. The van der Waals surface area contributed by atoms with E-state index in [-0.39, 0.29) is 5.91 Å². The van der Waals surface area contributed by atoms with E-state index in [9.17, 15) is 4.79 Å². The Morgan fingerprint density at radius 1 is 0.963 bits per heavy atom. The number of hydrogen-bond donors (Lipinski definition) is 2. The number of nitrogens with one attached hydrogen (secondary N) is 2. The number of rotatable bonds is 6. The van der Waals surface area contributed by atoms with E-state index in [0.717, 1.165) is 5.69 Å². The van der Waals surface area contributed by atoms with Crippen LogP contribution < -0.4 is 20.1 Å². The summed E-state index contributed by atoms with van der Waals surface area (Å²) in [6.45, 7) is 0. The summed E-state index contributed by atoms with van der Waals surface area (Å²) in [6.07, 6.45) is 1.57. The minimum absolute atomic E-state index is 0.265. The molecule has 0 aliphatic rings. The third-order valence-corrected chi connectivity index (χ3v) is 4.00. The molecule has 0 atom stereocenters. The van der Waals surface area contributed by atoms with Crippen LogP contribution in [-0.4, -0.2) is 25.1 Å². The van der Waals surface area contributed by atoms with Crippen LogP contribution in [0.15, 0.2) is 60.8 Å². The van der Waals surface area contributed by atoms with Crippen LogP contribution in [-0.2, 0) is 0 Å². The largest absolute Gasteiger partial charge is 0.493 e. The Kier molecular flexibility index (Phi) is 5.78. The Balaban J connectivity index is 1.75. The van der Waals surface area contributed by atoms with E-state index in [1.165, 1.54) is 0 Å². The minimum Gasteiger partial charge on any atom is -0.493 e. The first-order valence-electron chi connectivity index (χ1n) is 8.11. The molecule has 0 bridgehead atoms. The maximum atomic E-state index is 12.6. The zero-order valence-corrected chi connectivity index (χ0v) is 15.6. The zero-order chi connectivity index (χ0) is 19.2. The van der Waals surface area contributed by atoms with Gasteiger partial charge in [0.15, 0.2) is 11.5 Å². The van der Waals surface area contributed by atoms with Crippen molar-refractivity contribution >= 4 is 34.7 Å². The monoisotopic (exact) mass is 383 g/mol. The molecule has 138 valence electrons. The van der Waals surface area contributed by atoms with Gasteiger partial charge in [0.25, 0.3) is 5.91 Å². The molecule has 7 heteroatoms. The van der Waals surface area contributed by atoms with Crippen molar-refractivity contribution in [1.29, 1.82) is 0 Å². The Hall–Kier alpha value is -3.25. The number of halogens is 1. The molecule has 0 aliphatic carbocycles. The summed E-state index contributed by atoms with van der Waals surface area (Å²) in [6, 6.07) is 15.7. The number of carbonyl (C=O) groups is 1. The Morgan fingerprint density at radius 2 is 1.78 bits per heavy atom. The molecule has 0 fully saturated rings. The number of benzene rings is 2. The van der Waals surface area contributed by atoms with Gasteiger partial charge in [0.2, 0.25) is 0 Å². The van der Waals surface area contributed by atoms with Crippen molar-refractivity contribution in [3.05, 3.63) is 71.4 Å². The molecule has 0 saturated heterocycles. The summed E-state index contributed by atoms with van der Waals surface area (Å²) in [5.74, 6) is 1.40. The average Bonchev–Trinajstić information content (AvgIpc) is 2.68. The quantitative estimate of drug-likeness (QED) is 0.642. The number of methoxy groups -OCH3 is 2. The Labute approximate surface area is 162 Å². The fraction of sp³-hybridized carbons (Fsp3) is 0.100. The lowest BCUT2D eigenvalue weighted by Crippen LogP contribution is -2.12. The van der Waals surface area contributed by atoms with Gasteiger partial charge in [-0.1, -0.05) is 17.7 Å². The molecule has 1 heterocycles. The van der Waals surface area contributed by atoms with Gasteiger partial charge in [-0.15, -0.1) is 0 Å². The normalized spacial score (nSPS) is 10.2. The molecular weight excluding hydrogens is 366 g/mol. The van der Waals surface area contributed by atoms with E-state index >= 15 is 0 Å². The van der Waals surface area contributed by atoms with Crippen molar-refractivity contribution in [3.63, 3.8) is 0 Å². The van der Waals surface area contributed by atoms with Gasteiger partial charge in [-0.3, -0.25) is 4.79 Å². The number of pyridine rings is 1. The molecule has 0 unspecified atom stereocenters. The lowest BCUT2D eigenvalue weighted by atomic mass is 10.2. The molecule has 0 radical (unpaired) electrons. The molecule has 2 N–H and O–H groups in total. The van der Waals surface area contributed by atoms with Crippen LogP contribution in [0.25, 0.3) is 0 Å². The van der Waals surface area contributed by atoms with Gasteiger partial charge in [0, 0.05) is 34.2 Å². The minimum atomic E-state index is -0.265. The van der Waals surface area contributed by atoms with Gasteiger partial charge < -0.3 is 20.1 Å². The summed E-state index contributed by atoms with van der Waals surface area (Å²) in [7, 11) is 3.10. The summed E-state index contributed by atoms with van der Waals surface area (Å²) < 4.78 is 10.5. The highest BCUT2D eigenvalue weighted by Gasteiger charge is 2.10. The van der Waals surface area contributed by atoms with Crippen LogP contribution in [0, 0.1) is 0 Å². The molecule has 0 saturated carbocycles. The van der Waals surface area contributed by atoms with Gasteiger partial charge >= 0.3 is 0 Å². The molecule has 0 spiro atoms. The van der Waals surface area contributed by atoms with Crippen LogP contribution in [0.3, 0.4) is 0 Å². The fourth-order valence-corrected chi connectivity index (χ4v) is 2.66. The Bertz CT molecular complexity index is 963. The lowest BCUT2D eigenvalue weighted by Gasteiger charge is -2.11. The van der Waals surface area contributed by atoms with Crippen LogP contribution in [0.2, 0.25) is 5.02 Å². The first-order chi connectivity index (χ1) is 13.1. The van der Waals surface area contributed by atoms with Crippen LogP contribution >= 0.6 is 11.6 Å². The first-order valence-corrected chi connectivity index (χ1v) is 8.49. The second-order valence-electron chi connectivity index (χ2n) is 5.59. The highest BCUT2D eigenvalue weighted by Crippen LogP contribution is 2.30. The van der Waals surface area contributed by atoms with Crippen molar-refractivity contribution in [2.24, 2.45) is 0 Å². The second kappa shape index (κ2) is 8.42. The van der Waals surface area contributed by atoms with E-state index in [0.29, 0.717) is 33.6 Å². The molecule has 2 aromatic carbocycles. The van der Waals surface area contributed by atoms with E-state index in [1.807, 2.05) is 12.1 Å². The van der Waals surface area contributed by atoms with E-state index < -0.39 is 0 Å². The molecule has 6 nitrogen and oxygen atoms in total. The zero-order valence-electron chi connectivity index (χ0n) is 14.8. The summed E-state index contributed by atoms with van der Waals surface area (Å²) in [4.78, 5) is 16.8. The van der Waals surface area contributed by atoms with Crippen molar-refractivity contribution in [3.8, 4) is 11.5 Å². The average molecular weight is 384 g/mol. The van der Waals surface area contributed by atoms with Gasteiger partial charge in [-0.25, -0.2) is 4.98 Å². The van der Waals surface area contributed by atoms with Gasteiger partial charge in [0.05, 0.1) is 14.2 Å². The second-order valence-corrected chi connectivity index (χ2v) is 6.03. The highest BCUT2D eigenvalue weighted by atomic mass is 35.5. The molecule has 1 aromatic heterocycles. The predicted molar refractivity (Wildman–Crippen MR) is 106 cm³/mol. The van der Waals surface area contributed by atoms with Crippen molar-refractivity contribution in [2.45, 2.75) is 0 Å². The predicted octanol–water partition coefficient (Wildman–Crippen LogP) is 4.75. The SMILES string of the molecule is COc1ccc(NC(=O)c2ccnc(Nc3cccc(Cl)c3)c2)cc1OC. The van der Waals surface area contributed by atoms with E-state index in [2.05, 4.69) is 15.6 Å². The van der Waals surface area contributed by atoms with E-state index in [1.54, 1.807) is 62.9 Å². The highest BCUT2D eigenvalue weighted by molar-refractivity contribution is 6.30. The van der Waals surface area contributed by atoms with Crippen molar-refractivity contribution < 1.29 is 14.3 Å². The molecule has 3 rings (SSSR count). The molecular formula is C20H18ClN3O3. The number of amides is 1. The number of carbonyl (C=O) groups excluding carboxylic acids is 1. The number of hydrogen-bond acceptors (Lipinski definition) is 5. The van der Waals surface area contributed by atoms with Crippen molar-refractivity contribution in [2.75, 3.05) is 24.9 Å². The number of anilines is 3. The lowest BCUT2D eigenvalue weighted by molar-refractivity contribution is 0.102. The summed E-state index contributed by atoms with van der Waals surface area (Å²) in [5.41, 5.74) is 1.84. The van der Waals surface area contributed by atoms with Crippen LogP contribution in [0.4, 0.5) is 17.2 Å². The standard InChI is InChI=1S/C20H18ClN3O3/c1-26-17-7-6-16(12-18(17)27-2)24-20(25)13-8-9-22-19(10-13)23-15-5-3-4-14(21)11-15/h3-12H,1-2H3,(H,22,23)(H,24,25). The number of aromatic nitrogens is 1. The smallest absolute Gasteiger partial charge is 0.255 e. The van der Waals surface area contributed by atoms with Crippen molar-refractivity contribution in [1.82, 2.24) is 4.98 Å². The van der Waals surface area contributed by atoms with Crippen LogP contribution in [0.1, 0.15) is 10.4 Å². The van der Waals surface area contributed by atoms with Gasteiger partial charge in [-0.05, 0) is 42.5 Å². The molecule has 1 amide bonds. The summed E-state index contributed by atoms with van der Waals surface area (Å²) in [5, 5.41) is 6.57. The third kappa shape index (κ3) is 4.68. The Morgan fingerprint density at radius 3 is 2.52 bits per heavy atom. The first kappa shape index (κ1) is 18.5. The van der Waals surface area contributed by atoms with Gasteiger partial charge in [0.1, 0.15) is 5.82 Å². The van der Waals surface area contributed by atoms with Crippen LogP contribution in [0.5, 0.6) is 11.5 Å².